The third-order valence-corrected chi connectivity index (χ3v) is 1.99. The van der Waals surface area contributed by atoms with Gasteiger partial charge >= 0.3 is 0 Å². The average Bonchev–Trinajstić information content (AvgIpc) is 2.16. The van der Waals surface area contributed by atoms with Crippen LogP contribution in [0.1, 0.15) is 33.6 Å². The number of aromatic nitrogens is 1. The molecule has 1 aromatic heterocycles. The molecule has 1 heterocycles. The number of alkyl halides is 2. The zero-order valence-corrected chi connectivity index (χ0v) is 7.63. The van der Waals surface area contributed by atoms with Crippen LogP contribution in [0, 0.1) is 6.92 Å². The van der Waals surface area contributed by atoms with E-state index in [4.69, 9.17) is 5.73 Å². The normalized spacial score (nSPS) is 10.6. The van der Waals surface area contributed by atoms with Gasteiger partial charge < -0.3 is 5.73 Å². The minimum absolute atomic E-state index is 0.109. The monoisotopic (exact) mass is 200 g/mol. The van der Waals surface area contributed by atoms with Crippen LogP contribution in [0.3, 0.4) is 0 Å². The van der Waals surface area contributed by atoms with Crippen molar-refractivity contribution >= 4 is 6.29 Å². The van der Waals surface area contributed by atoms with Crippen molar-refractivity contribution < 1.29 is 13.6 Å². The van der Waals surface area contributed by atoms with Crippen LogP contribution in [-0.4, -0.2) is 11.3 Å². The zero-order chi connectivity index (χ0) is 10.7. The molecule has 0 aliphatic carbocycles. The number of carbonyl (C=O) groups excluding carboxylic acids is 1. The fourth-order valence-corrected chi connectivity index (χ4v) is 1.26. The fourth-order valence-electron chi connectivity index (χ4n) is 1.26. The average molecular weight is 200 g/mol. The van der Waals surface area contributed by atoms with Crippen LogP contribution in [-0.2, 0) is 6.54 Å². The molecule has 76 valence electrons. The van der Waals surface area contributed by atoms with E-state index in [1.165, 1.54) is 6.20 Å². The molecule has 2 N–H and O–H groups in total. The molecule has 0 fully saturated rings. The molecule has 0 aliphatic rings. The number of nitrogens with two attached hydrogens (primary N) is 1. The van der Waals surface area contributed by atoms with E-state index in [0.717, 1.165) is 0 Å². The molecule has 0 aliphatic heterocycles. The van der Waals surface area contributed by atoms with Crippen LogP contribution in [0.25, 0.3) is 0 Å². The van der Waals surface area contributed by atoms with E-state index in [2.05, 4.69) is 4.98 Å². The van der Waals surface area contributed by atoms with Crippen LogP contribution in [0.5, 0.6) is 0 Å². The summed E-state index contributed by atoms with van der Waals surface area (Å²) < 4.78 is 24.9. The Balaban J connectivity index is 3.40. The standard InChI is InChI=1S/C9H10F2N2O/c1-5-3-13-8(9(10)11)6(2-12)7(5)4-14/h3-4,9H,2,12H2,1H3. The van der Waals surface area contributed by atoms with E-state index < -0.39 is 12.1 Å². The molecule has 0 amide bonds. The van der Waals surface area contributed by atoms with Crippen LogP contribution in [0.4, 0.5) is 8.78 Å². The highest BCUT2D eigenvalue weighted by molar-refractivity contribution is 5.79. The number of carbonyl (C=O) groups is 1. The molecular weight excluding hydrogens is 190 g/mol. The maximum Gasteiger partial charge on any atom is 0.280 e. The van der Waals surface area contributed by atoms with Crippen molar-refractivity contribution in [3.05, 3.63) is 28.6 Å². The van der Waals surface area contributed by atoms with Gasteiger partial charge in [-0.1, -0.05) is 0 Å². The summed E-state index contributed by atoms with van der Waals surface area (Å²) in [5.41, 5.74) is 5.81. The molecule has 1 rings (SSSR count). The Kier molecular flexibility index (Phi) is 3.24. The maximum absolute atomic E-state index is 12.4. The van der Waals surface area contributed by atoms with Gasteiger partial charge in [0.2, 0.25) is 0 Å². The lowest BCUT2D eigenvalue weighted by molar-refractivity contribution is 0.112. The van der Waals surface area contributed by atoms with E-state index in [1.54, 1.807) is 6.92 Å². The van der Waals surface area contributed by atoms with Crippen molar-refractivity contribution in [2.24, 2.45) is 5.73 Å². The predicted octanol–water partition coefficient (Wildman–Crippen LogP) is 1.60. The smallest absolute Gasteiger partial charge is 0.280 e. The van der Waals surface area contributed by atoms with Gasteiger partial charge in [0.15, 0.2) is 6.29 Å². The molecule has 5 heteroatoms. The summed E-state index contributed by atoms with van der Waals surface area (Å²) in [5.74, 6) is 0. The number of hydrogen-bond acceptors (Lipinski definition) is 3. The Bertz CT molecular complexity index is 353. The summed E-state index contributed by atoms with van der Waals surface area (Å²) in [6.45, 7) is 1.52. The molecule has 14 heavy (non-hydrogen) atoms. The molecule has 0 saturated carbocycles. The van der Waals surface area contributed by atoms with E-state index in [0.29, 0.717) is 11.8 Å². The first kappa shape index (κ1) is 10.7. The lowest BCUT2D eigenvalue weighted by Crippen LogP contribution is -2.09. The van der Waals surface area contributed by atoms with Crippen molar-refractivity contribution in [2.75, 3.05) is 0 Å². The topological polar surface area (TPSA) is 56.0 Å². The molecule has 0 saturated heterocycles. The summed E-state index contributed by atoms with van der Waals surface area (Å²) in [5, 5.41) is 0. The number of aryl methyl sites for hydroxylation is 1. The summed E-state index contributed by atoms with van der Waals surface area (Å²) in [6, 6.07) is 0. The van der Waals surface area contributed by atoms with E-state index >= 15 is 0 Å². The largest absolute Gasteiger partial charge is 0.326 e. The zero-order valence-electron chi connectivity index (χ0n) is 7.63. The van der Waals surface area contributed by atoms with Gasteiger partial charge in [-0.05, 0) is 12.5 Å². The number of halogens is 2. The molecule has 0 bridgehead atoms. The third kappa shape index (κ3) is 1.77. The van der Waals surface area contributed by atoms with Gasteiger partial charge in [0.05, 0.1) is 0 Å². The Morgan fingerprint density at radius 1 is 1.64 bits per heavy atom. The molecule has 0 radical (unpaired) electrons. The van der Waals surface area contributed by atoms with Crippen LogP contribution in [0.2, 0.25) is 0 Å². The molecule has 0 atom stereocenters. The van der Waals surface area contributed by atoms with E-state index in [-0.39, 0.29) is 17.7 Å². The van der Waals surface area contributed by atoms with Gasteiger partial charge in [0, 0.05) is 23.9 Å². The van der Waals surface area contributed by atoms with Gasteiger partial charge in [-0.25, -0.2) is 8.78 Å². The van der Waals surface area contributed by atoms with Gasteiger partial charge in [-0.2, -0.15) is 0 Å². The molecule has 0 spiro atoms. The van der Waals surface area contributed by atoms with Crippen molar-refractivity contribution in [1.82, 2.24) is 4.98 Å². The second kappa shape index (κ2) is 4.23. The maximum atomic E-state index is 12.4. The van der Waals surface area contributed by atoms with Crippen molar-refractivity contribution in [3.63, 3.8) is 0 Å². The predicted molar refractivity (Wildman–Crippen MR) is 47.2 cm³/mol. The third-order valence-electron chi connectivity index (χ3n) is 1.99. The van der Waals surface area contributed by atoms with Gasteiger partial charge in [-0.15, -0.1) is 0 Å². The van der Waals surface area contributed by atoms with Crippen molar-refractivity contribution in [3.8, 4) is 0 Å². The molecule has 3 nitrogen and oxygen atoms in total. The number of hydrogen-bond donors (Lipinski definition) is 1. The second-order valence-corrected chi connectivity index (χ2v) is 2.84. The first-order valence-electron chi connectivity index (χ1n) is 4.03. The molecular formula is C9H10F2N2O. The number of pyridine rings is 1. The van der Waals surface area contributed by atoms with Crippen LogP contribution in [0.15, 0.2) is 6.20 Å². The summed E-state index contributed by atoms with van der Waals surface area (Å²) in [6.07, 6.45) is -0.914. The van der Waals surface area contributed by atoms with Crippen LogP contribution >= 0.6 is 0 Å². The first-order valence-corrected chi connectivity index (χ1v) is 4.03. The SMILES string of the molecule is Cc1cnc(C(F)F)c(CN)c1C=O. The Morgan fingerprint density at radius 2 is 2.29 bits per heavy atom. The minimum Gasteiger partial charge on any atom is -0.326 e. The van der Waals surface area contributed by atoms with E-state index in [1.807, 2.05) is 0 Å². The highest BCUT2D eigenvalue weighted by Gasteiger charge is 2.17. The van der Waals surface area contributed by atoms with Crippen LogP contribution < -0.4 is 5.73 Å². The minimum atomic E-state index is -2.70. The Labute approximate surface area is 79.9 Å². The molecule has 0 aromatic carbocycles. The number of rotatable bonds is 3. The number of nitrogens with zero attached hydrogens (tertiary/aromatic N) is 1. The van der Waals surface area contributed by atoms with Gasteiger partial charge in [0.25, 0.3) is 6.43 Å². The highest BCUT2D eigenvalue weighted by atomic mass is 19.3. The highest BCUT2D eigenvalue weighted by Crippen LogP contribution is 2.23. The first-order chi connectivity index (χ1) is 6.61. The van der Waals surface area contributed by atoms with Crippen molar-refractivity contribution in [1.29, 1.82) is 0 Å². The summed E-state index contributed by atoms with van der Waals surface area (Å²) in [4.78, 5) is 14.2. The lowest BCUT2D eigenvalue weighted by atomic mass is 10.0. The van der Waals surface area contributed by atoms with Crippen molar-refractivity contribution in [2.45, 2.75) is 19.9 Å². The van der Waals surface area contributed by atoms with Gasteiger partial charge in [0.1, 0.15) is 5.69 Å². The quantitative estimate of drug-likeness (QED) is 0.754. The number of aldehydes is 1. The van der Waals surface area contributed by atoms with E-state index in [9.17, 15) is 13.6 Å². The van der Waals surface area contributed by atoms with Gasteiger partial charge in [-0.3, -0.25) is 9.78 Å². The molecule has 1 aromatic rings. The molecule has 0 unspecified atom stereocenters. The second-order valence-electron chi connectivity index (χ2n) is 2.84. The summed E-state index contributed by atoms with van der Waals surface area (Å²) >= 11 is 0. The summed E-state index contributed by atoms with van der Waals surface area (Å²) in [7, 11) is 0. The lowest BCUT2D eigenvalue weighted by Gasteiger charge is -2.10. The Hall–Kier alpha value is -1.36. The fraction of sp³-hybridized carbons (Fsp3) is 0.333. The Morgan fingerprint density at radius 3 is 2.71 bits per heavy atom.